The summed E-state index contributed by atoms with van der Waals surface area (Å²) in [5, 5.41) is 3.48. The minimum atomic E-state index is 0.495. The molecule has 0 saturated carbocycles. The van der Waals surface area contributed by atoms with Gasteiger partial charge < -0.3 is 10.1 Å². The van der Waals surface area contributed by atoms with Gasteiger partial charge in [0.05, 0.1) is 7.11 Å². The fourth-order valence-electron chi connectivity index (χ4n) is 1.74. The number of methoxy groups -OCH3 is 1. The van der Waals surface area contributed by atoms with E-state index in [1.54, 1.807) is 7.11 Å². The second kappa shape index (κ2) is 4.24. The van der Waals surface area contributed by atoms with Gasteiger partial charge in [-0.05, 0) is 30.3 Å². The smallest absolute Gasteiger partial charge is 0.119 e. The Morgan fingerprint density at radius 1 is 1.57 bits per heavy atom. The van der Waals surface area contributed by atoms with Crippen LogP contribution in [0.2, 0.25) is 0 Å². The molecule has 0 amide bonds. The van der Waals surface area contributed by atoms with Gasteiger partial charge in [-0.1, -0.05) is 6.92 Å². The van der Waals surface area contributed by atoms with E-state index in [2.05, 4.69) is 24.4 Å². The summed E-state index contributed by atoms with van der Waals surface area (Å²) >= 11 is 1.92. The van der Waals surface area contributed by atoms with Crippen molar-refractivity contribution in [2.45, 2.75) is 17.9 Å². The Labute approximate surface area is 89.0 Å². The molecule has 2 nitrogen and oxygen atoms in total. The summed E-state index contributed by atoms with van der Waals surface area (Å²) < 4.78 is 5.23. The first-order valence-corrected chi connectivity index (χ1v) is 5.88. The average Bonchev–Trinajstić information content (AvgIpc) is 2.61. The summed E-state index contributed by atoms with van der Waals surface area (Å²) in [6.45, 7) is 3.16. The normalized spacial score (nSPS) is 19.4. The zero-order valence-electron chi connectivity index (χ0n) is 8.54. The zero-order valence-corrected chi connectivity index (χ0v) is 9.36. The van der Waals surface area contributed by atoms with Crippen LogP contribution >= 0.6 is 11.8 Å². The molecule has 0 bridgehead atoms. The maximum atomic E-state index is 5.23. The largest absolute Gasteiger partial charge is 0.497 e. The van der Waals surface area contributed by atoms with E-state index >= 15 is 0 Å². The molecule has 0 aromatic heterocycles. The van der Waals surface area contributed by atoms with Crippen LogP contribution in [-0.2, 0) is 0 Å². The van der Waals surface area contributed by atoms with Gasteiger partial charge in [-0.3, -0.25) is 0 Å². The number of ether oxygens (including phenoxy) is 1. The van der Waals surface area contributed by atoms with Gasteiger partial charge in [0.1, 0.15) is 5.75 Å². The number of thioether (sulfide) groups is 1. The average molecular weight is 209 g/mol. The third-order valence-electron chi connectivity index (χ3n) is 2.45. The highest BCUT2D eigenvalue weighted by molar-refractivity contribution is 7.99. The van der Waals surface area contributed by atoms with Gasteiger partial charge in [-0.2, -0.15) is 0 Å². The first-order chi connectivity index (χ1) is 6.85. The maximum Gasteiger partial charge on any atom is 0.119 e. The molecule has 1 N–H and O–H groups in total. The molecule has 3 heteroatoms. The van der Waals surface area contributed by atoms with Crippen LogP contribution in [0.4, 0.5) is 0 Å². The van der Waals surface area contributed by atoms with E-state index in [4.69, 9.17) is 4.74 Å². The van der Waals surface area contributed by atoms with Crippen molar-refractivity contribution in [2.24, 2.45) is 0 Å². The predicted molar refractivity (Wildman–Crippen MR) is 60.1 cm³/mol. The number of hydrogen-bond acceptors (Lipinski definition) is 3. The SMILES string of the molecule is CCNC1CSc2ccc(OC)cc21. The predicted octanol–water partition coefficient (Wildman–Crippen LogP) is 2.45. The van der Waals surface area contributed by atoms with Crippen LogP contribution in [-0.4, -0.2) is 19.4 Å². The number of benzene rings is 1. The van der Waals surface area contributed by atoms with Crippen LogP contribution in [0, 0.1) is 0 Å². The van der Waals surface area contributed by atoms with Gasteiger partial charge in [-0.25, -0.2) is 0 Å². The molecule has 2 rings (SSSR count). The monoisotopic (exact) mass is 209 g/mol. The second-order valence-electron chi connectivity index (χ2n) is 3.33. The molecule has 1 aromatic carbocycles. The lowest BCUT2D eigenvalue weighted by atomic mass is 10.1. The lowest BCUT2D eigenvalue weighted by molar-refractivity contribution is 0.413. The summed E-state index contributed by atoms with van der Waals surface area (Å²) in [4.78, 5) is 1.39. The van der Waals surface area contributed by atoms with Crippen molar-refractivity contribution in [3.8, 4) is 5.75 Å². The van der Waals surface area contributed by atoms with E-state index in [0.717, 1.165) is 18.0 Å². The van der Waals surface area contributed by atoms with Crippen LogP contribution in [0.15, 0.2) is 23.1 Å². The molecule has 0 radical (unpaired) electrons. The molecule has 0 aliphatic carbocycles. The summed E-state index contributed by atoms with van der Waals surface area (Å²) in [7, 11) is 1.71. The van der Waals surface area contributed by atoms with E-state index in [9.17, 15) is 0 Å². The minimum Gasteiger partial charge on any atom is -0.497 e. The summed E-state index contributed by atoms with van der Waals surface area (Å²) in [6, 6.07) is 6.81. The van der Waals surface area contributed by atoms with Gasteiger partial charge >= 0.3 is 0 Å². The first kappa shape index (κ1) is 9.87. The summed E-state index contributed by atoms with van der Waals surface area (Å²) in [6.07, 6.45) is 0. The number of nitrogens with one attached hydrogen (secondary N) is 1. The van der Waals surface area contributed by atoms with Crippen molar-refractivity contribution in [3.63, 3.8) is 0 Å². The van der Waals surface area contributed by atoms with E-state index in [-0.39, 0.29) is 0 Å². The fraction of sp³-hybridized carbons (Fsp3) is 0.455. The van der Waals surface area contributed by atoms with Gasteiger partial charge in [0.2, 0.25) is 0 Å². The van der Waals surface area contributed by atoms with Crippen LogP contribution in [0.1, 0.15) is 18.5 Å². The Morgan fingerprint density at radius 3 is 3.14 bits per heavy atom. The Morgan fingerprint density at radius 2 is 2.43 bits per heavy atom. The molecule has 1 atom stereocenters. The molecule has 0 fully saturated rings. The van der Waals surface area contributed by atoms with Crippen LogP contribution in [0.25, 0.3) is 0 Å². The minimum absolute atomic E-state index is 0.495. The van der Waals surface area contributed by atoms with E-state index < -0.39 is 0 Å². The summed E-state index contributed by atoms with van der Waals surface area (Å²) in [5.41, 5.74) is 1.39. The van der Waals surface area contributed by atoms with Crippen LogP contribution < -0.4 is 10.1 Å². The third-order valence-corrected chi connectivity index (χ3v) is 3.63. The van der Waals surface area contributed by atoms with Crippen molar-refractivity contribution in [2.75, 3.05) is 19.4 Å². The molecular formula is C11H15NOS. The molecule has 14 heavy (non-hydrogen) atoms. The quantitative estimate of drug-likeness (QED) is 0.826. The van der Waals surface area contributed by atoms with Crippen molar-refractivity contribution < 1.29 is 4.74 Å². The van der Waals surface area contributed by atoms with Crippen LogP contribution in [0.3, 0.4) is 0 Å². The fourth-order valence-corrected chi connectivity index (χ4v) is 2.91. The first-order valence-electron chi connectivity index (χ1n) is 4.89. The lowest BCUT2D eigenvalue weighted by Gasteiger charge is -2.11. The Hall–Kier alpha value is -0.670. The molecule has 1 aliphatic heterocycles. The van der Waals surface area contributed by atoms with Crippen molar-refractivity contribution in [1.29, 1.82) is 0 Å². The molecule has 0 spiro atoms. The van der Waals surface area contributed by atoms with Crippen LogP contribution in [0.5, 0.6) is 5.75 Å². The summed E-state index contributed by atoms with van der Waals surface area (Å²) in [5.74, 6) is 2.09. The highest BCUT2D eigenvalue weighted by Gasteiger charge is 2.22. The molecular weight excluding hydrogens is 194 g/mol. The third kappa shape index (κ3) is 1.74. The molecule has 1 aliphatic rings. The molecule has 1 heterocycles. The number of rotatable bonds is 3. The molecule has 76 valence electrons. The lowest BCUT2D eigenvalue weighted by Crippen LogP contribution is -2.20. The number of fused-ring (bicyclic) bond motifs is 1. The van der Waals surface area contributed by atoms with Crippen molar-refractivity contribution in [3.05, 3.63) is 23.8 Å². The van der Waals surface area contributed by atoms with E-state index in [0.29, 0.717) is 6.04 Å². The van der Waals surface area contributed by atoms with E-state index in [1.165, 1.54) is 10.5 Å². The standard InChI is InChI=1S/C11H15NOS/c1-3-12-10-7-14-11-5-4-8(13-2)6-9(10)11/h4-6,10,12H,3,7H2,1-2H3. The van der Waals surface area contributed by atoms with Crippen molar-refractivity contribution in [1.82, 2.24) is 5.32 Å². The zero-order chi connectivity index (χ0) is 9.97. The molecule has 1 unspecified atom stereocenters. The van der Waals surface area contributed by atoms with Gasteiger partial charge in [0, 0.05) is 16.7 Å². The highest BCUT2D eigenvalue weighted by atomic mass is 32.2. The number of hydrogen-bond donors (Lipinski definition) is 1. The van der Waals surface area contributed by atoms with Gasteiger partial charge in [0.25, 0.3) is 0 Å². The van der Waals surface area contributed by atoms with Gasteiger partial charge in [0.15, 0.2) is 0 Å². The van der Waals surface area contributed by atoms with E-state index in [1.807, 2.05) is 17.8 Å². The highest BCUT2D eigenvalue weighted by Crippen LogP contribution is 2.39. The van der Waals surface area contributed by atoms with Gasteiger partial charge in [-0.15, -0.1) is 11.8 Å². The van der Waals surface area contributed by atoms with Crippen molar-refractivity contribution >= 4 is 11.8 Å². The Balaban J connectivity index is 2.27. The Bertz CT molecular complexity index is 325. The topological polar surface area (TPSA) is 21.3 Å². The maximum absolute atomic E-state index is 5.23. The Kier molecular flexibility index (Phi) is 2.99. The molecule has 0 saturated heterocycles. The second-order valence-corrected chi connectivity index (χ2v) is 4.39. The molecule has 1 aromatic rings.